The van der Waals surface area contributed by atoms with Gasteiger partial charge in [0.15, 0.2) is 17.5 Å². The van der Waals surface area contributed by atoms with Gasteiger partial charge in [-0.3, -0.25) is 0 Å². The third kappa shape index (κ3) is 4.15. The molecule has 6 heteroatoms. The molecule has 1 aliphatic rings. The largest absolute Gasteiger partial charge is 0.493 e. The summed E-state index contributed by atoms with van der Waals surface area (Å²) in [5.74, 6) is 1.79. The van der Waals surface area contributed by atoms with Crippen molar-refractivity contribution in [3.63, 3.8) is 0 Å². The Bertz CT molecular complexity index is 518. The molecule has 0 saturated heterocycles. The first kappa shape index (κ1) is 17.9. The van der Waals surface area contributed by atoms with Gasteiger partial charge in [0, 0.05) is 11.8 Å². The van der Waals surface area contributed by atoms with Crippen molar-refractivity contribution in [1.82, 2.24) is 0 Å². The van der Waals surface area contributed by atoms with E-state index in [1.165, 1.54) is 6.42 Å². The van der Waals surface area contributed by atoms with Crippen molar-refractivity contribution < 1.29 is 9.47 Å². The molecule has 1 aromatic carbocycles. The molecule has 0 heterocycles. The minimum atomic E-state index is 0. The van der Waals surface area contributed by atoms with Gasteiger partial charge in [-0.05, 0) is 30.4 Å². The molecule has 1 aliphatic carbocycles. The van der Waals surface area contributed by atoms with Crippen LogP contribution in [-0.4, -0.2) is 26.2 Å². The van der Waals surface area contributed by atoms with Gasteiger partial charge in [-0.1, -0.05) is 13.8 Å². The zero-order valence-corrected chi connectivity index (χ0v) is 15.3. The van der Waals surface area contributed by atoms with Crippen molar-refractivity contribution >= 4 is 35.6 Å². The highest BCUT2D eigenvalue weighted by Crippen LogP contribution is 2.42. The molecule has 1 fully saturated rings. The molecule has 0 bridgehead atoms. The molecular formula is C15H24IN3O2. The summed E-state index contributed by atoms with van der Waals surface area (Å²) in [5.41, 5.74) is 7.05. The van der Waals surface area contributed by atoms with Crippen LogP contribution in [0.5, 0.6) is 11.5 Å². The number of hydrogen-bond donors (Lipinski definition) is 2. The van der Waals surface area contributed by atoms with Crippen molar-refractivity contribution in [2.45, 2.75) is 32.7 Å². The molecule has 0 aromatic heterocycles. The number of rotatable bonds is 4. The lowest BCUT2D eigenvalue weighted by atomic mass is 9.68. The number of aliphatic imine (C=N–C) groups is 1. The summed E-state index contributed by atoms with van der Waals surface area (Å²) in [7, 11) is 3.22. The van der Waals surface area contributed by atoms with Crippen molar-refractivity contribution in [2.24, 2.45) is 16.1 Å². The van der Waals surface area contributed by atoms with Crippen LogP contribution in [0.1, 0.15) is 26.7 Å². The van der Waals surface area contributed by atoms with Crippen molar-refractivity contribution in [1.29, 1.82) is 0 Å². The van der Waals surface area contributed by atoms with Crippen LogP contribution in [0.2, 0.25) is 0 Å². The molecule has 118 valence electrons. The zero-order chi connectivity index (χ0) is 14.8. The molecule has 21 heavy (non-hydrogen) atoms. The Morgan fingerprint density at radius 2 is 1.95 bits per heavy atom. The van der Waals surface area contributed by atoms with E-state index in [1.807, 2.05) is 18.2 Å². The molecule has 5 nitrogen and oxygen atoms in total. The van der Waals surface area contributed by atoms with Crippen LogP contribution in [0.3, 0.4) is 0 Å². The number of nitrogens with two attached hydrogens (primary N) is 1. The summed E-state index contributed by atoms with van der Waals surface area (Å²) in [5, 5.41) is 3.10. The fourth-order valence-electron chi connectivity index (χ4n) is 2.35. The molecule has 1 aromatic rings. The maximum absolute atomic E-state index is 5.97. The van der Waals surface area contributed by atoms with Crippen molar-refractivity contribution in [3.05, 3.63) is 18.2 Å². The molecule has 1 saturated carbocycles. The highest BCUT2D eigenvalue weighted by molar-refractivity contribution is 14.0. The first-order valence-corrected chi connectivity index (χ1v) is 6.78. The minimum absolute atomic E-state index is 0. The second-order valence-corrected chi connectivity index (χ2v) is 5.75. The monoisotopic (exact) mass is 405 g/mol. The maximum Gasteiger partial charge on any atom is 0.193 e. The number of halogens is 1. The fraction of sp³-hybridized carbons (Fsp3) is 0.533. The summed E-state index contributed by atoms with van der Waals surface area (Å²) in [4.78, 5) is 4.54. The van der Waals surface area contributed by atoms with E-state index < -0.39 is 0 Å². The highest BCUT2D eigenvalue weighted by Gasteiger charge is 2.38. The van der Waals surface area contributed by atoms with Crippen molar-refractivity contribution in [2.75, 3.05) is 19.5 Å². The van der Waals surface area contributed by atoms with Gasteiger partial charge >= 0.3 is 0 Å². The average Bonchev–Trinajstić information content (AvgIpc) is 2.43. The van der Waals surface area contributed by atoms with E-state index in [0.29, 0.717) is 23.5 Å². The number of hydrogen-bond acceptors (Lipinski definition) is 3. The first-order valence-electron chi connectivity index (χ1n) is 6.78. The van der Waals surface area contributed by atoms with Gasteiger partial charge in [0.25, 0.3) is 0 Å². The van der Waals surface area contributed by atoms with Gasteiger partial charge in [0.1, 0.15) is 0 Å². The van der Waals surface area contributed by atoms with Crippen LogP contribution in [0.25, 0.3) is 0 Å². The number of methoxy groups -OCH3 is 2. The lowest BCUT2D eigenvalue weighted by molar-refractivity contribution is 0.145. The molecule has 3 N–H and O–H groups in total. The number of guanidine groups is 1. The Balaban J connectivity index is 0.00000220. The lowest BCUT2D eigenvalue weighted by Crippen LogP contribution is -2.40. The molecule has 2 rings (SSSR count). The average molecular weight is 405 g/mol. The second-order valence-electron chi connectivity index (χ2n) is 5.75. The minimum Gasteiger partial charge on any atom is -0.493 e. The van der Waals surface area contributed by atoms with Crippen LogP contribution < -0.4 is 20.5 Å². The molecule has 0 aliphatic heterocycles. The summed E-state index contributed by atoms with van der Waals surface area (Å²) >= 11 is 0. The molecule has 1 atom stereocenters. The maximum atomic E-state index is 5.97. The van der Waals surface area contributed by atoms with Crippen LogP contribution >= 0.6 is 24.0 Å². The molecule has 0 radical (unpaired) electrons. The van der Waals surface area contributed by atoms with E-state index in [4.69, 9.17) is 15.2 Å². The summed E-state index contributed by atoms with van der Waals surface area (Å²) in [6, 6.07) is 5.86. The number of benzene rings is 1. The number of anilines is 1. The molecule has 1 unspecified atom stereocenters. The number of ether oxygens (including phenoxy) is 2. The van der Waals surface area contributed by atoms with Crippen LogP contribution in [0.15, 0.2) is 23.2 Å². The predicted octanol–water partition coefficient (Wildman–Crippen LogP) is 3.24. The number of nitrogens with one attached hydrogen (secondary N) is 1. The lowest BCUT2D eigenvalue weighted by Gasteiger charge is -2.41. The Hall–Kier alpha value is -1.18. The van der Waals surface area contributed by atoms with Gasteiger partial charge < -0.3 is 20.5 Å². The topological polar surface area (TPSA) is 68.9 Å². The van der Waals surface area contributed by atoms with Gasteiger partial charge in [0.05, 0.1) is 20.3 Å². The van der Waals surface area contributed by atoms with E-state index in [1.54, 1.807) is 14.2 Å². The predicted molar refractivity (Wildman–Crippen MR) is 97.0 cm³/mol. The Morgan fingerprint density at radius 1 is 1.29 bits per heavy atom. The van der Waals surface area contributed by atoms with Gasteiger partial charge in [0.2, 0.25) is 0 Å². The summed E-state index contributed by atoms with van der Waals surface area (Å²) < 4.78 is 10.5. The van der Waals surface area contributed by atoms with E-state index >= 15 is 0 Å². The normalized spacial score (nSPS) is 20.0. The standard InChI is InChI=1S/C15H23N3O2.HI/c1-15(2)8-7-13(15)18-14(16)17-10-5-6-11(19-3)12(9-10)20-4;/h5-6,9,13H,7-8H2,1-4H3,(H3,16,17,18);1H. The summed E-state index contributed by atoms with van der Waals surface area (Å²) in [6.45, 7) is 4.43. The molecular weight excluding hydrogens is 381 g/mol. The van der Waals surface area contributed by atoms with Gasteiger partial charge in [-0.25, -0.2) is 4.99 Å². The third-order valence-electron chi connectivity index (χ3n) is 3.92. The first-order chi connectivity index (χ1) is 9.46. The number of nitrogens with zero attached hydrogens (tertiary/aromatic N) is 1. The molecule has 0 spiro atoms. The molecule has 0 amide bonds. The van der Waals surface area contributed by atoms with Gasteiger partial charge in [-0.2, -0.15) is 0 Å². The Morgan fingerprint density at radius 3 is 2.43 bits per heavy atom. The Labute approximate surface area is 143 Å². The van der Waals surface area contributed by atoms with E-state index in [9.17, 15) is 0 Å². The van der Waals surface area contributed by atoms with Crippen LogP contribution in [-0.2, 0) is 0 Å². The van der Waals surface area contributed by atoms with Crippen LogP contribution in [0.4, 0.5) is 5.69 Å². The van der Waals surface area contributed by atoms with Crippen molar-refractivity contribution in [3.8, 4) is 11.5 Å². The second kappa shape index (κ2) is 7.20. The van der Waals surface area contributed by atoms with E-state index in [0.717, 1.165) is 12.1 Å². The Kier molecular flexibility index (Phi) is 6.12. The highest BCUT2D eigenvalue weighted by atomic mass is 127. The zero-order valence-electron chi connectivity index (χ0n) is 13.0. The van der Waals surface area contributed by atoms with E-state index in [-0.39, 0.29) is 29.4 Å². The quantitative estimate of drug-likeness (QED) is 0.459. The smallest absolute Gasteiger partial charge is 0.193 e. The van der Waals surface area contributed by atoms with E-state index in [2.05, 4.69) is 24.2 Å². The van der Waals surface area contributed by atoms with Crippen LogP contribution in [0, 0.1) is 5.41 Å². The fourth-order valence-corrected chi connectivity index (χ4v) is 2.35. The SMILES string of the molecule is COc1ccc(NC(N)=NC2CCC2(C)C)cc1OC.I. The van der Waals surface area contributed by atoms with Gasteiger partial charge in [-0.15, -0.1) is 24.0 Å². The third-order valence-corrected chi connectivity index (χ3v) is 3.92. The summed E-state index contributed by atoms with van der Waals surface area (Å²) in [6.07, 6.45) is 2.30.